The van der Waals surface area contributed by atoms with E-state index in [2.05, 4.69) is 26.1 Å². The van der Waals surface area contributed by atoms with E-state index in [-0.39, 0.29) is 19.1 Å². The maximum atomic E-state index is 10.6. The van der Waals surface area contributed by atoms with Gasteiger partial charge in [-0.15, -0.1) is 0 Å². The minimum Gasteiger partial charge on any atom is -0.479 e. The van der Waals surface area contributed by atoms with E-state index in [0.717, 1.165) is 27.9 Å². The summed E-state index contributed by atoms with van der Waals surface area (Å²) in [5.74, 6) is -2.17. The molecule has 0 aliphatic heterocycles. The summed E-state index contributed by atoms with van der Waals surface area (Å²) in [6, 6.07) is 13.2. The molecule has 0 spiro atoms. The molecular weight excluding hydrogens is 467 g/mol. The summed E-state index contributed by atoms with van der Waals surface area (Å²) in [6.07, 6.45) is 2.09. The second-order valence-electron chi connectivity index (χ2n) is 6.87. The van der Waals surface area contributed by atoms with Crippen LogP contribution in [-0.2, 0) is 4.79 Å². The number of aliphatic carboxylic acids is 1. The van der Waals surface area contributed by atoms with Crippen LogP contribution in [0.2, 0.25) is 0 Å². The fraction of sp³-hybridized carbons (Fsp3) is 0.182. The van der Waals surface area contributed by atoms with E-state index in [1.807, 2.05) is 42.7 Å². The first-order chi connectivity index (χ1) is 16.7. The number of aromatic amines is 1. The summed E-state index contributed by atoms with van der Waals surface area (Å²) in [6.45, 7) is -0.0291. The van der Waals surface area contributed by atoms with Gasteiger partial charge in [0.2, 0.25) is 0 Å². The second kappa shape index (κ2) is 10.8. The molecular formula is C22H16F3N7O3. The molecule has 2 N–H and O–H groups in total. The van der Waals surface area contributed by atoms with Crippen LogP contribution in [0.3, 0.4) is 0 Å². The fourth-order valence-electron chi connectivity index (χ4n) is 3.11. The van der Waals surface area contributed by atoms with Crippen molar-refractivity contribution in [1.82, 2.24) is 24.7 Å². The van der Waals surface area contributed by atoms with Crippen LogP contribution in [0.5, 0.6) is 5.75 Å². The number of carboxylic acids is 1. The molecule has 3 heterocycles. The van der Waals surface area contributed by atoms with Crippen LogP contribution < -0.4 is 4.74 Å². The SMILES string of the molecule is N#CCOc1cccc(C(CC#N)n2cc(-c3ncnc4[nH]ccc34)cn2)c1.O=C(O)C(F)(F)F. The van der Waals surface area contributed by atoms with Crippen molar-refractivity contribution in [1.29, 1.82) is 10.5 Å². The Hall–Kier alpha value is -4.91. The van der Waals surface area contributed by atoms with E-state index in [4.69, 9.17) is 19.9 Å². The van der Waals surface area contributed by atoms with Gasteiger partial charge in [-0.2, -0.15) is 28.8 Å². The number of aromatic nitrogens is 5. The van der Waals surface area contributed by atoms with E-state index in [9.17, 15) is 18.4 Å². The van der Waals surface area contributed by atoms with Gasteiger partial charge in [0.15, 0.2) is 6.61 Å². The molecule has 3 aromatic heterocycles. The van der Waals surface area contributed by atoms with Crippen LogP contribution in [0, 0.1) is 22.7 Å². The van der Waals surface area contributed by atoms with E-state index in [1.165, 1.54) is 6.33 Å². The predicted molar refractivity (Wildman–Crippen MR) is 115 cm³/mol. The Balaban J connectivity index is 0.000000429. The van der Waals surface area contributed by atoms with Gasteiger partial charge in [0, 0.05) is 23.3 Å². The molecule has 0 aliphatic carbocycles. The molecule has 0 fully saturated rings. The minimum absolute atomic E-state index is 0.0291. The number of H-pyrrole nitrogens is 1. The predicted octanol–water partition coefficient (Wildman–Crippen LogP) is 3.86. The number of halogens is 3. The highest BCUT2D eigenvalue weighted by atomic mass is 19.4. The summed E-state index contributed by atoms with van der Waals surface area (Å²) in [4.78, 5) is 20.6. The quantitative estimate of drug-likeness (QED) is 0.419. The van der Waals surface area contributed by atoms with Crippen molar-refractivity contribution in [3.8, 4) is 29.1 Å². The summed E-state index contributed by atoms with van der Waals surface area (Å²) >= 11 is 0. The first-order valence-electron chi connectivity index (χ1n) is 9.84. The molecule has 0 saturated carbocycles. The van der Waals surface area contributed by atoms with Crippen LogP contribution in [0.25, 0.3) is 22.3 Å². The molecule has 0 bridgehead atoms. The zero-order chi connectivity index (χ0) is 25.4. The van der Waals surface area contributed by atoms with E-state index in [1.54, 1.807) is 16.9 Å². The Morgan fingerprint density at radius 2 is 2.00 bits per heavy atom. The molecule has 178 valence electrons. The zero-order valence-corrected chi connectivity index (χ0v) is 17.8. The van der Waals surface area contributed by atoms with E-state index in [0.29, 0.717) is 5.75 Å². The van der Waals surface area contributed by atoms with Gasteiger partial charge < -0.3 is 14.8 Å². The number of nitrogens with zero attached hydrogens (tertiary/aromatic N) is 6. The lowest BCUT2D eigenvalue weighted by atomic mass is 10.0. The standard InChI is InChI=1S/C20H15N7O.C2HF3O2/c21-6-4-18(14-2-1-3-16(10-14)28-9-7-22)27-12-15(11-26-27)19-17-5-8-23-20(17)25-13-24-19;3-2(4,5)1(6)7/h1-3,5,8,10-13,18H,4,9H2,(H,23,24,25);(H,6,7). The van der Waals surface area contributed by atoms with Gasteiger partial charge in [0.05, 0.1) is 30.4 Å². The fourth-order valence-corrected chi connectivity index (χ4v) is 3.11. The molecule has 1 atom stereocenters. The van der Waals surface area contributed by atoms with Crippen molar-refractivity contribution < 1.29 is 27.8 Å². The third kappa shape index (κ3) is 6.11. The Morgan fingerprint density at radius 1 is 1.23 bits per heavy atom. The highest BCUT2D eigenvalue weighted by Gasteiger charge is 2.38. The first kappa shape index (κ1) is 24.7. The van der Waals surface area contributed by atoms with Crippen LogP contribution in [0.4, 0.5) is 13.2 Å². The van der Waals surface area contributed by atoms with Crippen molar-refractivity contribution in [3.63, 3.8) is 0 Å². The van der Waals surface area contributed by atoms with Crippen LogP contribution in [-0.4, -0.2) is 48.6 Å². The number of hydrogen-bond donors (Lipinski definition) is 2. The van der Waals surface area contributed by atoms with Crippen LogP contribution >= 0.6 is 0 Å². The largest absolute Gasteiger partial charge is 0.490 e. The average Bonchev–Trinajstić information content (AvgIpc) is 3.51. The molecule has 0 saturated heterocycles. The number of hydrogen-bond acceptors (Lipinski definition) is 7. The lowest BCUT2D eigenvalue weighted by Gasteiger charge is -2.16. The smallest absolute Gasteiger partial charge is 0.479 e. The molecule has 0 aliphatic rings. The van der Waals surface area contributed by atoms with Gasteiger partial charge in [-0.3, -0.25) is 4.68 Å². The third-order valence-corrected chi connectivity index (χ3v) is 4.62. The van der Waals surface area contributed by atoms with Crippen molar-refractivity contribution >= 4 is 17.0 Å². The number of ether oxygens (including phenoxy) is 1. The lowest BCUT2D eigenvalue weighted by Crippen LogP contribution is -2.21. The number of nitrogens with one attached hydrogen (secondary N) is 1. The topological polar surface area (TPSA) is 154 Å². The van der Waals surface area contributed by atoms with Gasteiger partial charge in [0.25, 0.3) is 0 Å². The Kier molecular flexibility index (Phi) is 7.63. The molecule has 4 rings (SSSR count). The summed E-state index contributed by atoms with van der Waals surface area (Å²) < 4.78 is 38.9. The molecule has 0 radical (unpaired) electrons. The van der Waals surface area contributed by atoms with Gasteiger partial charge in [0.1, 0.15) is 23.8 Å². The van der Waals surface area contributed by atoms with E-state index >= 15 is 0 Å². The van der Waals surface area contributed by atoms with Crippen molar-refractivity contribution in [2.24, 2.45) is 0 Å². The van der Waals surface area contributed by atoms with Crippen LogP contribution in [0.1, 0.15) is 18.0 Å². The second-order valence-corrected chi connectivity index (χ2v) is 6.87. The van der Waals surface area contributed by atoms with Gasteiger partial charge >= 0.3 is 12.1 Å². The van der Waals surface area contributed by atoms with Gasteiger partial charge in [-0.05, 0) is 23.8 Å². The minimum atomic E-state index is -5.08. The normalized spacial score (nSPS) is 11.6. The van der Waals surface area contributed by atoms with Crippen molar-refractivity contribution in [3.05, 3.63) is 60.8 Å². The number of carboxylic acid groups (broad SMARTS) is 1. The zero-order valence-electron chi connectivity index (χ0n) is 17.8. The van der Waals surface area contributed by atoms with E-state index < -0.39 is 12.1 Å². The molecule has 13 heteroatoms. The van der Waals surface area contributed by atoms with Crippen molar-refractivity contribution in [2.45, 2.75) is 18.6 Å². The summed E-state index contributed by atoms with van der Waals surface area (Å²) in [5.41, 5.74) is 3.25. The highest BCUT2D eigenvalue weighted by Crippen LogP contribution is 2.29. The Morgan fingerprint density at radius 3 is 2.69 bits per heavy atom. The lowest BCUT2D eigenvalue weighted by molar-refractivity contribution is -0.192. The average molecular weight is 483 g/mol. The Bertz CT molecular complexity index is 1400. The van der Waals surface area contributed by atoms with Crippen LogP contribution in [0.15, 0.2) is 55.2 Å². The molecule has 1 unspecified atom stereocenters. The number of fused-ring (bicyclic) bond motifs is 1. The first-order valence-corrected chi connectivity index (χ1v) is 9.84. The number of nitriles is 2. The number of carbonyl (C=O) groups is 1. The summed E-state index contributed by atoms with van der Waals surface area (Å²) in [7, 11) is 0. The molecule has 10 nitrogen and oxygen atoms in total. The number of benzene rings is 1. The van der Waals surface area contributed by atoms with Gasteiger partial charge in [-0.25, -0.2) is 14.8 Å². The highest BCUT2D eigenvalue weighted by molar-refractivity contribution is 5.90. The molecule has 0 amide bonds. The molecule has 35 heavy (non-hydrogen) atoms. The maximum Gasteiger partial charge on any atom is 0.490 e. The monoisotopic (exact) mass is 483 g/mol. The maximum absolute atomic E-state index is 10.6. The third-order valence-electron chi connectivity index (χ3n) is 4.62. The van der Waals surface area contributed by atoms with Gasteiger partial charge in [-0.1, -0.05) is 12.1 Å². The molecule has 4 aromatic rings. The Labute approximate surface area is 195 Å². The summed E-state index contributed by atoms with van der Waals surface area (Å²) in [5, 5.41) is 30.5. The number of alkyl halides is 3. The number of rotatable bonds is 6. The van der Waals surface area contributed by atoms with Crippen molar-refractivity contribution in [2.75, 3.05) is 6.61 Å². The molecule has 1 aromatic carbocycles.